The van der Waals surface area contributed by atoms with Crippen molar-refractivity contribution >= 4 is 40.0 Å². The quantitative estimate of drug-likeness (QED) is 0.159. The molecule has 0 radical (unpaired) electrons. The summed E-state index contributed by atoms with van der Waals surface area (Å²) < 4.78 is 15.0. The molecule has 4 aromatic rings. The molecule has 0 bridgehead atoms. The number of carbonyl (C=O) groups excluding carboxylic acids is 4. The first-order chi connectivity index (χ1) is 24.1. The third-order valence-electron chi connectivity index (χ3n) is 9.76. The first-order valence-corrected chi connectivity index (χ1v) is 17.0. The summed E-state index contributed by atoms with van der Waals surface area (Å²) in [7, 11) is 6.82. The Balaban J connectivity index is 1.00. The summed E-state index contributed by atoms with van der Waals surface area (Å²) >= 11 is 0. The SMILES string of the molecule is COc1cc(-c2cn(C)c(=O)c3c2ccn3C)cc(OC)c1CCCC(=O)NCCCNc1cccc2c1CN(C1CCC(=O)CC1=O)C2=O. The fourth-order valence-corrected chi connectivity index (χ4v) is 7.13. The number of hydrogen-bond donors (Lipinski definition) is 2. The topological polar surface area (TPSA) is 141 Å². The number of fused-ring (bicyclic) bond motifs is 2. The van der Waals surface area contributed by atoms with Crippen LogP contribution >= 0.6 is 0 Å². The Hall–Kier alpha value is -5.39. The number of aromatic nitrogens is 2. The highest BCUT2D eigenvalue weighted by atomic mass is 16.5. The van der Waals surface area contributed by atoms with Gasteiger partial charge in [0.15, 0.2) is 5.78 Å². The second-order valence-corrected chi connectivity index (χ2v) is 13.0. The number of hydrogen-bond acceptors (Lipinski definition) is 8. The average Bonchev–Trinajstić information content (AvgIpc) is 3.66. The Morgan fingerprint density at radius 3 is 2.42 bits per heavy atom. The van der Waals surface area contributed by atoms with Crippen LogP contribution in [0.1, 0.15) is 60.0 Å². The molecule has 1 aliphatic heterocycles. The number of aryl methyl sites for hydroxylation is 2. The van der Waals surface area contributed by atoms with Crippen molar-refractivity contribution in [3.63, 3.8) is 0 Å². The average molecular weight is 682 g/mol. The molecule has 1 aliphatic carbocycles. The fraction of sp³-hybridized carbons (Fsp3) is 0.395. The molecule has 2 aromatic carbocycles. The van der Waals surface area contributed by atoms with E-state index in [4.69, 9.17) is 9.47 Å². The summed E-state index contributed by atoms with van der Waals surface area (Å²) in [5.41, 5.74) is 5.45. The van der Waals surface area contributed by atoms with Crippen molar-refractivity contribution in [3.05, 3.63) is 75.8 Å². The minimum absolute atomic E-state index is 0.0475. The maximum Gasteiger partial charge on any atom is 0.274 e. The first kappa shape index (κ1) is 34.5. The molecule has 3 heterocycles. The molecule has 1 fully saturated rings. The third kappa shape index (κ3) is 6.74. The van der Waals surface area contributed by atoms with Gasteiger partial charge in [-0.1, -0.05) is 6.07 Å². The lowest BCUT2D eigenvalue weighted by Crippen LogP contribution is -2.44. The minimum atomic E-state index is -0.551. The highest BCUT2D eigenvalue weighted by molar-refractivity contribution is 6.08. The van der Waals surface area contributed by atoms with Gasteiger partial charge in [0.2, 0.25) is 5.91 Å². The highest BCUT2D eigenvalue weighted by Gasteiger charge is 2.39. The number of benzene rings is 2. The van der Waals surface area contributed by atoms with Gasteiger partial charge in [0.25, 0.3) is 11.5 Å². The lowest BCUT2D eigenvalue weighted by atomic mass is 9.92. The molecule has 1 unspecified atom stereocenters. The molecule has 50 heavy (non-hydrogen) atoms. The van der Waals surface area contributed by atoms with Crippen molar-refractivity contribution in [3.8, 4) is 22.6 Å². The second-order valence-electron chi connectivity index (χ2n) is 13.0. The number of Topliss-reactive ketones (excluding diaryl/α,β-unsaturated/α-hetero) is 2. The van der Waals surface area contributed by atoms with Crippen LogP contribution in [-0.2, 0) is 41.4 Å². The van der Waals surface area contributed by atoms with Gasteiger partial charge in [-0.15, -0.1) is 0 Å². The number of carbonyl (C=O) groups is 4. The minimum Gasteiger partial charge on any atom is -0.496 e. The van der Waals surface area contributed by atoms with Gasteiger partial charge in [0.05, 0.1) is 26.7 Å². The summed E-state index contributed by atoms with van der Waals surface area (Å²) in [6.45, 7) is 1.42. The fourth-order valence-electron chi connectivity index (χ4n) is 7.13. The van der Waals surface area contributed by atoms with E-state index in [2.05, 4.69) is 10.6 Å². The lowest BCUT2D eigenvalue weighted by Gasteiger charge is -2.29. The standard InChI is InChI=1S/C38H43N5O7/c1-41-17-14-25-28(21-42(2)38(48)36(25)41)23-18-33(49-3)27(34(19-23)50-4)9-6-11-35(46)40-16-7-15-39-30-10-5-8-26-29(30)22-43(37(26)47)31-13-12-24(44)20-32(31)45/h5,8,10,14,17-19,21,31,39H,6-7,9,11-13,15-16,20,22H2,1-4H3,(H,40,46). The van der Waals surface area contributed by atoms with Crippen LogP contribution in [0.3, 0.4) is 0 Å². The molecule has 12 heteroatoms. The molecule has 1 atom stereocenters. The Labute approximate surface area is 290 Å². The Kier molecular flexibility index (Phi) is 10.1. The molecule has 0 spiro atoms. The zero-order chi connectivity index (χ0) is 35.5. The monoisotopic (exact) mass is 681 g/mol. The van der Waals surface area contributed by atoms with E-state index in [0.29, 0.717) is 80.7 Å². The molecular weight excluding hydrogens is 638 g/mol. The van der Waals surface area contributed by atoms with E-state index >= 15 is 0 Å². The van der Waals surface area contributed by atoms with Gasteiger partial charge in [-0.05, 0) is 61.6 Å². The number of pyridine rings is 1. The van der Waals surface area contributed by atoms with Gasteiger partial charge < -0.3 is 34.1 Å². The van der Waals surface area contributed by atoms with Gasteiger partial charge in [-0.3, -0.25) is 24.0 Å². The Morgan fingerprint density at radius 1 is 0.940 bits per heavy atom. The van der Waals surface area contributed by atoms with E-state index < -0.39 is 6.04 Å². The molecule has 1 saturated carbocycles. The Bertz CT molecular complexity index is 2020. The van der Waals surface area contributed by atoms with Crippen LogP contribution in [0.25, 0.3) is 22.0 Å². The van der Waals surface area contributed by atoms with Crippen molar-refractivity contribution in [2.75, 3.05) is 32.6 Å². The first-order valence-electron chi connectivity index (χ1n) is 17.0. The van der Waals surface area contributed by atoms with Crippen LogP contribution in [0.5, 0.6) is 11.5 Å². The predicted octanol–water partition coefficient (Wildman–Crippen LogP) is 4.15. The number of ketones is 2. The van der Waals surface area contributed by atoms with Crippen molar-refractivity contribution in [1.29, 1.82) is 0 Å². The molecule has 2 aliphatic rings. The van der Waals surface area contributed by atoms with Gasteiger partial charge >= 0.3 is 0 Å². The third-order valence-corrected chi connectivity index (χ3v) is 9.76. The van der Waals surface area contributed by atoms with E-state index in [-0.39, 0.29) is 35.4 Å². The molecule has 2 N–H and O–H groups in total. The van der Waals surface area contributed by atoms with Crippen molar-refractivity contribution in [1.82, 2.24) is 19.4 Å². The number of amides is 2. The number of anilines is 1. The van der Waals surface area contributed by atoms with E-state index in [1.54, 1.807) is 36.8 Å². The van der Waals surface area contributed by atoms with Crippen molar-refractivity contribution in [2.24, 2.45) is 14.1 Å². The zero-order valence-corrected chi connectivity index (χ0v) is 29.0. The maximum atomic E-state index is 13.1. The largest absolute Gasteiger partial charge is 0.496 e. The van der Waals surface area contributed by atoms with Crippen molar-refractivity contribution in [2.45, 2.75) is 57.5 Å². The number of rotatable bonds is 13. The molecule has 262 valence electrons. The van der Waals surface area contributed by atoms with Crippen molar-refractivity contribution < 1.29 is 28.7 Å². The van der Waals surface area contributed by atoms with E-state index in [1.807, 2.05) is 54.3 Å². The second kappa shape index (κ2) is 14.6. The zero-order valence-electron chi connectivity index (χ0n) is 29.0. The molecule has 0 saturated heterocycles. The van der Waals surface area contributed by atoms with E-state index in [9.17, 15) is 24.0 Å². The summed E-state index contributed by atoms with van der Waals surface area (Å²) in [4.78, 5) is 64.4. The summed E-state index contributed by atoms with van der Waals surface area (Å²) in [5, 5.41) is 7.23. The normalized spacial score (nSPS) is 15.8. The molecule has 6 rings (SSSR count). The molecular formula is C38H43N5O7. The van der Waals surface area contributed by atoms with Crippen LogP contribution in [-0.4, -0.2) is 70.8 Å². The predicted molar refractivity (Wildman–Crippen MR) is 190 cm³/mol. The number of nitrogens with one attached hydrogen (secondary N) is 2. The lowest BCUT2D eigenvalue weighted by molar-refractivity contribution is -0.133. The van der Waals surface area contributed by atoms with Gasteiger partial charge in [-0.2, -0.15) is 0 Å². The number of nitrogens with zero attached hydrogens (tertiary/aromatic N) is 3. The highest BCUT2D eigenvalue weighted by Crippen LogP contribution is 2.38. The van der Waals surface area contributed by atoms with E-state index in [0.717, 1.165) is 33.3 Å². The summed E-state index contributed by atoms with van der Waals surface area (Å²) in [6.07, 6.45) is 6.48. The van der Waals surface area contributed by atoms with Gasteiger partial charge in [0, 0.05) is 92.3 Å². The number of methoxy groups -OCH3 is 2. The van der Waals surface area contributed by atoms with E-state index in [1.165, 1.54) is 0 Å². The summed E-state index contributed by atoms with van der Waals surface area (Å²) in [6, 6.07) is 10.8. The van der Waals surface area contributed by atoms with Gasteiger partial charge in [0.1, 0.15) is 22.8 Å². The molecule has 2 amide bonds. The van der Waals surface area contributed by atoms with Crippen LogP contribution in [0, 0.1) is 0 Å². The van der Waals surface area contributed by atoms with Crippen LogP contribution in [0.4, 0.5) is 5.69 Å². The summed E-state index contributed by atoms with van der Waals surface area (Å²) in [5.74, 6) is 0.838. The van der Waals surface area contributed by atoms with Gasteiger partial charge in [-0.25, -0.2) is 0 Å². The molecule has 12 nitrogen and oxygen atoms in total. The van der Waals surface area contributed by atoms with Crippen LogP contribution in [0.15, 0.2) is 53.6 Å². The van der Waals surface area contributed by atoms with Crippen LogP contribution in [0.2, 0.25) is 0 Å². The van der Waals surface area contributed by atoms with Crippen LogP contribution < -0.4 is 25.7 Å². The Morgan fingerprint density at radius 2 is 1.70 bits per heavy atom. The maximum absolute atomic E-state index is 13.1. The number of ether oxygens (including phenoxy) is 2. The smallest absolute Gasteiger partial charge is 0.274 e. The molecule has 2 aromatic heterocycles.